The summed E-state index contributed by atoms with van der Waals surface area (Å²) in [6.45, 7) is 0. The van der Waals surface area contributed by atoms with E-state index in [1.54, 1.807) is 0 Å². The van der Waals surface area contributed by atoms with Crippen LogP contribution in [0.1, 0.15) is 24.6 Å². The largest absolute Gasteiger partial charge is 0.471 e. The van der Waals surface area contributed by atoms with Crippen LogP contribution in [0.2, 0.25) is 0 Å². The van der Waals surface area contributed by atoms with E-state index < -0.39 is 12.1 Å². The first-order valence-corrected chi connectivity index (χ1v) is 4.36. The fourth-order valence-corrected chi connectivity index (χ4v) is 1.44. The highest BCUT2D eigenvalue weighted by molar-refractivity contribution is 5.84. The molecule has 0 bridgehead atoms. The van der Waals surface area contributed by atoms with Crippen molar-refractivity contribution in [1.29, 1.82) is 0 Å². The SMILES string of the molecule is O=C1CC(Cc2noc(C(F)(F)F)n2)C1. The first-order chi connectivity index (χ1) is 6.95. The number of hydrogen-bond acceptors (Lipinski definition) is 4. The third-order valence-electron chi connectivity index (χ3n) is 2.21. The normalized spacial score (nSPS) is 17.9. The van der Waals surface area contributed by atoms with Crippen LogP contribution < -0.4 is 0 Å². The smallest absolute Gasteiger partial charge is 0.329 e. The lowest BCUT2D eigenvalue weighted by atomic mass is 9.81. The maximum Gasteiger partial charge on any atom is 0.471 e. The van der Waals surface area contributed by atoms with Crippen molar-refractivity contribution in [2.75, 3.05) is 0 Å². The summed E-state index contributed by atoms with van der Waals surface area (Å²) in [6.07, 6.45) is -3.53. The number of alkyl halides is 3. The molecule has 0 unspecified atom stereocenters. The predicted octanol–water partition coefficient (Wildman–Crippen LogP) is 1.61. The van der Waals surface area contributed by atoms with Gasteiger partial charge < -0.3 is 4.52 Å². The predicted molar refractivity (Wildman–Crippen MR) is 40.7 cm³/mol. The number of rotatable bonds is 2. The summed E-state index contributed by atoms with van der Waals surface area (Å²) < 4.78 is 40.2. The molecule has 0 saturated heterocycles. The second kappa shape index (κ2) is 3.32. The standard InChI is InChI=1S/C8H7F3N2O2/c9-8(10,11)7-12-6(13-15-7)3-4-1-5(14)2-4/h4H,1-3H2. The van der Waals surface area contributed by atoms with Gasteiger partial charge in [0.1, 0.15) is 5.78 Å². The van der Waals surface area contributed by atoms with Crippen molar-refractivity contribution in [3.05, 3.63) is 11.7 Å². The summed E-state index contributed by atoms with van der Waals surface area (Å²) in [4.78, 5) is 13.8. The van der Waals surface area contributed by atoms with E-state index in [0.717, 1.165) is 0 Å². The molecular formula is C8H7F3N2O2. The van der Waals surface area contributed by atoms with Crippen LogP contribution in [0.3, 0.4) is 0 Å². The molecule has 7 heteroatoms. The van der Waals surface area contributed by atoms with Gasteiger partial charge in [0.2, 0.25) is 0 Å². The Hall–Kier alpha value is -1.40. The van der Waals surface area contributed by atoms with Crippen molar-refractivity contribution >= 4 is 5.78 Å². The van der Waals surface area contributed by atoms with Gasteiger partial charge in [-0.2, -0.15) is 18.2 Å². The fraction of sp³-hybridized carbons (Fsp3) is 0.625. The number of nitrogens with zero attached hydrogens (tertiary/aromatic N) is 2. The van der Waals surface area contributed by atoms with E-state index >= 15 is 0 Å². The van der Waals surface area contributed by atoms with E-state index in [1.807, 2.05) is 0 Å². The third-order valence-corrected chi connectivity index (χ3v) is 2.21. The van der Waals surface area contributed by atoms with Gasteiger partial charge in [0.15, 0.2) is 5.82 Å². The van der Waals surface area contributed by atoms with E-state index in [0.29, 0.717) is 12.8 Å². The van der Waals surface area contributed by atoms with Gasteiger partial charge in [0.05, 0.1) is 0 Å². The first-order valence-electron chi connectivity index (χ1n) is 4.36. The quantitative estimate of drug-likeness (QED) is 0.759. The van der Waals surface area contributed by atoms with Crippen LogP contribution in [0.4, 0.5) is 13.2 Å². The van der Waals surface area contributed by atoms with Crippen molar-refractivity contribution in [2.45, 2.75) is 25.4 Å². The monoisotopic (exact) mass is 220 g/mol. The number of halogens is 3. The van der Waals surface area contributed by atoms with Crippen molar-refractivity contribution < 1.29 is 22.5 Å². The zero-order valence-corrected chi connectivity index (χ0v) is 7.54. The molecular weight excluding hydrogens is 213 g/mol. The molecule has 0 atom stereocenters. The Morgan fingerprint density at radius 1 is 1.40 bits per heavy atom. The number of Topliss-reactive ketones (excluding diaryl/α,β-unsaturated/α-hetero) is 1. The molecule has 82 valence electrons. The van der Waals surface area contributed by atoms with Crippen LogP contribution in [0.15, 0.2) is 4.52 Å². The van der Waals surface area contributed by atoms with Crippen molar-refractivity contribution in [1.82, 2.24) is 10.1 Å². The number of carbonyl (C=O) groups excluding carboxylic acids is 1. The minimum Gasteiger partial charge on any atom is -0.329 e. The Bertz CT molecular complexity index is 377. The zero-order chi connectivity index (χ0) is 11.1. The van der Waals surface area contributed by atoms with Gasteiger partial charge in [0.25, 0.3) is 0 Å². The Labute approximate surface area is 82.5 Å². The Balaban J connectivity index is 1.99. The van der Waals surface area contributed by atoms with Crippen LogP contribution >= 0.6 is 0 Å². The van der Waals surface area contributed by atoms with E-state index in [2.05, 4.69) is 14.7 Å². The molecule has 0 amide bonds. The maximum absolute atomic E-state index is 12.0. The average Bonchev–Trinajstić information content (AvgIpc) is 2.49. The molecule has 15 heavy (non-hydrogen) atoms. The average molecular weight is 220 g/mol. The van der Waals surface area contributed by atoms with Gasteiger partial charge in [0, 0.05) is 19.3 Å². The molecule has 2 rings (SSSR count). The van der Waals surface area contributed by atoms with E-state index in [9.17, 15) is 18.0 Å². The lowest BCUT2D eigenvalue weighted by Gasteiger charge is -2.21. The molecule has 1 fully saturated rings. The minimum atomic E-state index is -4.60. The van der Waals surface area contributed by atoms with Crippen LogP contribution in [0.25, 0.3) is 0 Å². The summed E-state index contributed by atoms with van der Waals surface area (Å²) in [5, 5.41) is 3.21. The molecule has 4 nitrogen and oxygen atoms in total. The highest BCUT2D eigenvalue weighted by Gasteiger charge is 2.39. The second-order valence-electron chi connectivity index (χ2n) is 3.53. The molecule has 0 aliphatic heterocycles. The Morgan fingerprint density at radius 3 is 2.53 bits per heavy atom. The van der Waals surface area contributed by atoms with Crippen LogP contribution in [0.5, 0.6) is 0 Å². The topological polar surface area (TPSA) is 56.0 Å². The molecule has 0 spiro atoms. The molecule has 1 aromatic rings. The molecule has 1 aromatic heterocycles. The first kappa shape index (κ1) is 10.1. The van der Waals surface area contributed by atoms with Gasteiger partial charge in [-0.3, -0.25) is 4.79 Å². The van der Waals surface area contributed by atoms with Gasteiger partial charge in [-0.05, 0) is 5.92 Å². The fourth-order valence-electron chi connectivity index (χ4n) is 1.44. The van der Waals surface area contributed by atoms with Crippen molar-refractivity contribution in [3.8, 4) is 0 Å². The summed E-state index contributed by atoms with van der Waals surface area (Å²) in [5.41, 5.74) is 0. The van der Waals surface area contributed by atoms with E-state index in [-0.39, 0.29) is 23.9 Å². The molecule has 1 heterocycles. The third kappa shape index (κ3) is 2.16. The molecule has 1 saturated carbocycles. The lowest BCUT2D eigenvalue weighted by molar-refractivity contribution is -0.159. The van der Waals surface area contributed by atoms with E-state index in [1.165, 1.54) is 0 Å². The highest BCUT2D eigenvalue weighted by atomic mass is 19.4. The molecule has 0 aromatic carbocycles. The number of ketones is 1. The Morgan fingerprint density at radius 2 is 2.07 bits per heavy atom. The summed E-state index contributed by atoms with van der Waals surface area (Å²) in [5.74, 6) is -1.13. The summed E-state index contributed by atoms with van der Waals surface area (Å²) in [7, 11) is 0. The highest BCUT2D eigenvalue weighted by Crippen LogP contribution is 2.29. The second-order valence-corrected chi connectivity index (χ2v) is 3.53. The number of hydrogen-bond donors (Lipinski definition) is 0. The molecule has 0 N–H and O–H groups in total. The Kier molecular flexibility index (Phi) is 2.24. The minimum absolute atomic E-state index is 0.0137. The van der Waals surface area contributed by atoms with Crippen molar-refractivity contribution in [3.63, 3.8) is 0 Å². The van der Waals surface area contributed by atoms with Gasteiger partial charge in [-0.1, -0.05) is 5.16 Å². The van der Waals surface area contributed by atoms with Gasteiger partial charge in [-0.25, -0.2) is 0 Å². The van der Waals surface area contributed by atoms with Crippen LogP contribution in [-0.2, 0) is 17.4 Å². The molecule has 1 aliphatic carbocycles. The van der Waals surface area contributed by atoms with Crippen LogP contribution in [0, 0.1) is 5.92 Å². The summed E-state index contributed by atoms with van der Waals surface area (Å²) in [6, 6.07) is 0. The van der Waals surface area contributed by atoms with Gasteiger partial charge >= 0.3 is 12.1 Å². The zero-order valence-electron chi connectivity index (χ0n) is 7.54. The maximum atomic E-state index is 12.0. The molecule has 1 aliphatic rings. The molecule has 0 radical (unpaired) electrons. The number of carbonyl (C=O) groups is 1. The lowest BCUT2D eigenvalue weighted by Crippen LogP contribution is -2.25. The van der Waals surface area contributed by atoms with E-state index in [4.69, 9.17) is 0 Å². The number of aromatic nitrogens is 2. The van der Waals surface area contributed by atoms with Gasteiger partial charge in [-0.15, -0.1) is 0 Å². The summed E-state index contributed by atoms with van der Waals surface area (Å²) >= 11 is 0. The van der Waals surface area contributed by atoms with Crippen LogP contribution in [-0.4, -0.2) is 15.9 Å². The van der Waals surface area contributed by atoms with Crippen molar-refractivity contribution in [2.24, 2.45) is 5.92 Å².